The number of aromatic nitrogens is 2. The van der Waals surface area contributed by atoms with Gasteiger partial charge in [-0.3, -0.25) is 9.69 Å². The third-order valence-electron chi connectivity index (χ3n) is 4.97. The van der Waals surface area contributed by atoms with Gasteiger partial charge in [0.05, 0.1) is 25.0 Å². The Bertz CT molecular complexity index is 741. The molecule has 2 N–H and O–H groups in total. The first-order valence-electron chi connectivity index (χ1n) is 9.48. The highest BCUT2D eigenvalue weighted by molar-refractivity contribution is 5.83. The number of hydrogen-bond donors (Lipinski definition) is 2. The van der Waals surface area contributed by atoms with Gasteiger partial charge in [0, 0.05) is 6.54 Å². The van der Waals surface area contributed by atoms with Crippen LogP contribution in [0.15, 0.2) is 30.5 Å². The molecule has 3 rings (SSSR count). The number of aryl methyl sites for hydroxylation is 1. The zero-order valence-corrected chi connectivity index (χ0v) is 15.7. The van der Waals surface area contributed by atoms with Crippen molar-refractivity contribution in [2.75, 3.05) is 26.2 Å². The fraction of sp³-hybridized carbons (Fsp3) is 0.500. The molecule has 1 aromatic heterocycles. The molecule has 6 nitrogen and oxygen atoms in total. The van der Waals surface area contributed by atoms with Crippen molar-refractivity contribution in [2.45, 2.75) is 38.8 Å². The molecule has 0 bridgehead atoms. The largest absolute Gasteiger partial charge is 0.395 e. The van der Waals surface area contributed by atoms with E-state index < -0.39 is 6.04 Å². The molecule has 7 heteroatoms. The van der Waals surface area contributed by atoms with Crippen LogP contribution in [0.5, 0.6) is 0 Å². The summed E-state index contributed by atoms with van der Waals surface area (Å²) >= 11 is 0. The predicted molar refractivity (Wildman–Crippen MR) is 100 cm³/mol. The molecule has 0 radical (unpaired) electrons. The van der Waals surface area contributed by atoms with Gasteiger partial charge in [0.25, 0.3) is 0 Å². The van der Waals surface area contributed by atoms with Gasteiger partial charge in [-0.25, -0.2) is 9.37 Å². The number of likely N-dealkylation sites (tertiary alicyclic amines) is 1. The average molecular weight is 374 g/mol. The van der Waals surface area contributed by atoms with E-state index >= 15 is 0 Å². The summed E-state index contributed by atoms with van der Waals surface area (Å²) in [5, 5.41) is 9.48. The fourth-order valence-corrected chi connectivity index (χ4v) is 3.65. The van der Waals surface area contributed by atoms with Gasteiger partial charge in [0.15, 0.2) is 0 Å². The van der Waals surface area contributed by atoms with Crippen LogP contribution >= 0.6 is 0 Å². The number of aromatic amines is 1. The maximum Gasteiger partial charge on any atom is 0.244 e. The highest BCUT2D eigenvalue weighted by Crippen LogP contribution is 2.27. The summed E-state index contributed by atoms with van der Waals surface area (Å²) in [7, 11) is 0. The van der Waals surface area contributed by atoms with Gasteiger partial charge in [-0.15, -0.1) is 0 Å². The zero-order valence-electron chi connectivity index (χ0n) is 15.7. The molecule has 146 valence electrons. The van der Waals surface area contributed by atoms with Crippen LogP contribution in [-0.2, 0) is 11.3 Å². The lowest BCUT2D eigenvalue weighted by atomic mass is 10.00. The van der Waals surface area contributed by atoms with Crippen LogP contribution in [-0.4, -0.2) is 57.0 Å². The van der Waals surface area contributed by atoms with Crippen LogP contribution < -0.4 is 0 Å². The van der Waals surface area contributed by atoms with Gasteiger partial charge < -0.3 is 15.0 Å². The van der Waals surface area contributed by atoms with Gasteiger partial charge in [0.2, 0.25) is 5.91 Å². The van der Waals surface area contributed by atoms with Gasteiger partial charge in [0.1, 0.15) is 17.7 Å². The lowest BCUT2D eigenvalue weighted by Gasteiger charge is -2.36. The lowest BCUT2D eigenvalue weighted by Crippen LogP contribution is -2.45. The summed E-state index contributed by atoms with van der Waals surface area (Å²) < 4.78 is 13.4. The SMILES string of the molecule is Cc1ncc(CN(CCO)C(=O)C(c2ccc(F)cc2)N2CCCCC2)[nH]1. The minimum Gasteiger partial charge on any atom is -0.395 e. The number of nitrogens with zero attached hydrogens (tertiary/aromatic N) is 3. The van der Waals surface area contributed by atoms with E-state index in [1.807, 2.05) is 6.92 Å². The highest BCUT2D eigenvalue weighted by Gasteiger charge is 2.32. The molecule has 27 heavy (non-hydrogen) atoms. The summed E-state index contributed by atoms with van der Waals surface area (Å²) in [6, 6.07) is 5.69. The number of rotatable bonds is 7. The maximum atomic E-state index is 13.5. The van der Waals surface area contributed by atoms with Crippen LogP contribution in [0.2, 0.25) is 0 Å². The summed E-state index contributed by atoms with van der Waals surface area (Å²) in [6.07, 6.45) is 4.96. The molecule has 0 saturated carbocycles. The smallest absolute Gasteiger partial charge is 0.244 e. The number of benzene rings is 1. The van der Waals surface area contributed by atoms with Gasteiger partial charge in [-0.2, -0.15) is 0 Å². The van der Waals surface area contributed by atoms with Crippen LogP contribution in [0.25, 0.3) is 0 Å². The molecule has 1 aliphatic rings. The Labute approximate surface area is 159 Å². The van der Waals surface area contributed by atoms with Gasteiger partial charge in [-0.05, 0) is 50.6 Å². The number of carbonyl (C=O) groups is 1. The number of aliphatic hydroxyl groups excluding tert-OH is 1. The van der Waals surface area contributed by atoms with Crippen LogP contribution in [0.4, 0.5) is 4.39 Å². The van der Waals surface area contributed by atoms with Crippen molar-refractivity contribution >= 4 is 5.91 Å². The number of amides is 1. The monoisotopic (exact) mass is 374 g/mol. The molecule has 1 amide bonds. The van der Waals surface area contributed by atoms with E-state index in [0.717, 1.165) is 49.4 Å². The van der Waals surface area contributed by atoms with Crippen molar-refractivity contribution < 1.29 is 14.3 Å². The minimum atomic E-state index is -0.471. The number of halogens is 1. The van der Waals surface area contributed by atoms with Crippen LogP contribution in [0, 0.1) is 12.7 Å². The molecule has 1 fully saturated rings. The second kappa shape index (κ2) is 9.10. The molecular weight excluding hydrogens is 347 g/mol. The maximum absolute atomic E-state index is 13.5. The lowest BCUT2D eigenvalue weighted by molar-refractivity contribution is -0.139. The normalized spacial score (nSPS) is 16.3. The number of nitrogens with one attached hydrogen (secondary N) is 1. The number of hydrogen-bond acceptors (Lipinski definition) is 4. The Morgan fingerprint density at radius 1 is 1.30 bits per heavy atom. The van der Waals surface area contributed by atoms with E-state index in [4.69, 9.17) is 0 Å². The Balaban J connectivity index is 1.87. The Morgan fingerprint density at radius 3 is 2.59 bits per heavy atom. The van der Waals surface area contributed by atoms with E-state index in [-0.39, 0.29) is 24.9 Å². The molecule has 1 aromatic carbocycles. The van der Waals surface area contributed by atoms with E-state index in [1.54, 1.807) is 23.2 Å². The molecule has 0 spiro atoms. The van der Waals surface area contributed by atoms with Crippen molar-refractivity contribution in [1.82, 2.24) is 19.8 Å². The Kier molecular flexibility index (Phi) is 6.58. The van der Waals surface area contributed by atoms with Crippen molar-refractivity contribution in [3.63, 3.8) is 0 Å². The molecule has 1 unspecified atom stereocenters. The number of aliphatic hydroxyl groups is 1. The Morgan fingerprint density at radius 2 is 2.00 bits per heavy atom. The third kappa shape index (κ3) is 4.93. The Hall–Kier alpha value is -2.25. The summed E-state index contributed by atoms with van der Waals surface area (Å²) in [5.74, 6) is 0.390. The summed E-state index contributed by atoms with van der Waals surface area (Å²) in [4.78, 5) is 24.6. The van der Waals surface area contributed by atoms with Crippen molar-refractivity contribution in [3.05, 3.63) is 53.4 Å². The van der Waals surface area contributed by atoms with Gasteiger partial charge >= 0.3 is 0 Å². The molecule has 1 atom stereocenters. The quantitative estimate of drug-likeness (QED) is 0.781. The number of imidazole rings is 1. The molecule has 1 aliphatic heterocycles. The zero-order chi connectivity index (χ0) is 19.2. The number of H-pyrrole nitrogens is 1. The number of carbonyl (C=O) groups excluding carboxylic acids is 1. The molecule has 1 saturated heterocycles. The van der Waals surface area contributed by atoms with Gasteiger partial charge in [-0.1, -0.05) is 18.6 Å². The second-order valence-corrected chi connectivity index (χ2v) is 7.03. The summed E-state index contributed by atoms with van der Waals surface area (Å²) in [5.41, 5.74) is 1.61. The molecule has 2 aromatic rings. The first-order valence-corrected chi connectivity index (χ1v) is 9.48. The van der Waals surface area contributed by atoms with E-state index in [2.05, 4.69) is 14.9 Å². The van der Waals surface area contributed by atoms with Crippen LogP contribution in [0.1, 0.15) is 42.4 Å². The second-order valence-electron chi connectivity index (χ2n) is 7.03. The van der Waals surface area contributed by atoms with E-state index in [1.165, 1.54) is 12.1 Å². The molecule has 2 heterocycles. The number of piperidine rings is 1. The molecular formula is C20H27FN4O2. The molecule has 0 aliphatic carbocycles. The summed E-state index contributed by atoms with van der Waals surface area (Å²) in [6.45, 7) is 4.01. The van der Waals surface area contributed by atoms with Crippen molar-refractivity contribution in [1.29, 1.82) is 0 Å². The van der Waals surface area contributed by atoms with E-state index in [0.29, 0.717) is 6.54 Å². The standard InChI is InChI=1S/C20H27FN4O2/c1-15-22-13-18(23-15)14-25(11-12-26)20(27)19(24-9-3-2-4-10-24)16-5-7-17(21)8-6-16/h5-8,13,19,26H,2-4,9-12,14H2,1H3,(H,22,23). The fourth-order valence-electron chi connectivity index (χ4n) is 3.65. The highest BCUT2D eigenvalue weighted by atomic mass is 19.1. The van der Waals surface area contributed by atoms with E-state index in [9.17, 15) is 14.3 Å². The minimum absolute atomic E-state index is 0.0789. The first kappa shape index (κ1) is 19.5. The van der Waals surface area contributed by atoms with Crippen LogP contribution in [0.3, 0.4) is 0 Å². The topological polar surface area (TPSA) is 72.5 Å². The average Bonchev–Trinajstić information content (AvgIpc) is 3.09. The third-order valence-corrected chi connectivity index (χ3v) is 4.97. The van der Waals surface area contributed by atoms with Crippen molar-refractivity contribution in [3.8, 4) is 0 Å². The first-order chi connectivity index (χ1) is 13.1. The van der Waals surface area contributed by atoms with Crippen molar-refractivity contribution in [2.24, 2.45) is 0 Å². The predicted octanol–water partition coefficient (Wildman–Crippen LogP) is 2.41.